The summed E-state index contributed by atoms with van der Waals surface area (Å²) in [5, 5.41) is 4.68. The Morgan fingerprint density at radius 3 is 1.40 bits per heavy atom. The fourth-order valence-corrected chi connectivity index (χ4v) is 7.02. The molecule has 9 aromatic rings. The van der Waals surface area contributed by atoms with Crippen molar-refractivity contribution in [2.45, 2.75) is 0 Å². The Hall–Kier alpha value is -6.18. The Morgan fingerprint density at radius 1 is 0.319 bits per heavy atom. The van der Waals surface area contributed by atoms with E-state index in [1.165, 1.54) is 55.3 Å². The van der Waals surface area contributed by atoms with Crippen molar-refractivity contribution in [3.63, 3.8) is 0 Å². The normalized spacial score (nSPS) is 11.4. The molecule has 1 nitrogen and oxygen atoms in total. The lowest BCUT2D eigenvalue weighted by molar-refractivity contribution is 0.670. The predicted molar refractivity (Wildman–Crippen MR) is 198 cm³/mol. The average Bonchev–Trinajstić information content (AvgIpc) is 3.55. The van der Waals surface area contributed by atoms with E-state index in [4.69, 9.17) is 4.42 Å². The van der Waals surface area contributed by atoms with Crippen LogP contribution in [0.5, 0.6) is 0 Å². The van der Waals surface area contributed by atoms with Crippen molar-refractivity contribution in [2.75, 3.05) is 0 Å². The van der Waals surface area contributed by atoms with Crippen molar-refractivity contribution in [3.05, 3.63) is 182 Å². The highest BCUT2D eigenvalue weighted by atomic mass is 16.3. The first-order valence-corrected chi connectivity index (χ1v) is 16.1. The van der Waals surface area contributed by atoms with Crippen LogP contribution in [-0.4, -0.2) is 0 Å². The lowest BCUT2D eigenvalue weighted by Crippen LogP contribution is -1.91. The summed E-state index contributed by atoms with van der Waals surface area (Å²) < 4.78 is 6.72. The van der Waals surface area contributed by atoms with E-state index in [-0.39, 0.29) is 0 Å². The molecule has 1 heteroatoms. The average molecular weight is 599 g/mol. The first-order valence-electron chi connectivity index (χ1n) is 16.1. The largest absolute Gasteiger partial charge is 0.455 e. The molecule has 0 spiro atoms. The van der Waals surface area contributed by atoms with Crippen LogP contribution in [0, 0.1) is 0 Å². The Morgan fingerprint density at radius 2 is 0.787 bits per heavy atom. The van der Waals surface area contributed by atoms with Crippen LogP contribution in [0.4, 0.5) is 0 Å². The van der Waals surface area contributed by atoms with Crippen LogP contribution in [0.3, 0.4) is 0 Å². The van der Waals surface area contributed by atoms with Crippen LogP contribution in [0.1, 0.15) is 0 Å². The van der Waals surface area contributed by atoms with E-state index in [1.807, 2.05) is 0 Å². The molecule has 9 rings (SSSR count). The standard InChI is InChI=1S/C46H30O/c1-4-12-31(13-5-1)33-20-24-36(25-21-33)39-29-28-38-30-41(35-16-8-3-9-17-35)46-45(40-18-10-11-19-42(40)47-46)44(38)43(39)37-26-22-34(23-27-37)32-14-6-2-7-15-32/h1-30H. The molecule has 8 aromatic carbocycles. The summed E-state index contributed by atoms with van der Waals surface area (Å²) in [6, 6.07) is 65.1. The van der Waals surface area contributed by atoms with Gasteiger partial charge in [0.1, 0.15) is 11.2 Å². The van der Waals surface area contributed by atoms with Crippen molar-refractivity contribution in [1.82, 2.24) is 0 Å². The summed E-state index contributed by atoms with van der Waals surface area (Å²) in [5.74, 6) is 0. The molecular formula is C46H30O. The molecular weight excluding hydrogens is 569 g/mol. The lowest BCUT2D eigenvalue weighted by Gasteiger charge is -2.17. The zero-order valence-corrected chi connectivity index (χ0v) is 25.7. The van der Waals surface area contributed by atoms with Gasteiger partial charge in [-0.1, -0.05) is 170 Å². The summed E-state index contributed by atoms with van der Waals surface area (Å²) in [7, 11) is 0. The minimum Gasteiger partial charge on any atom is -0.455 e. The van der Waals surface area contributed by atoms with Crippen LogP contribution in [0.15, 0.2) is 186 Å². The van der Waals surface area contributed by atoms with Gasteiger partial charge in [-0.05, 0) is 67.6 Å². The molecule has 0 radical (unpaired) electrons. The summed E-state index contributed by atoms with van der Waals surface area (Å²) in [4.78, 5) is 0. The molecule has 220 valence electrons. The molecule has 0 bridgehead atoms. The van der Waals surface area contributed by atoms with Crippen LogP contribution in [0.25, 0.3) is 88.3 Å². The van der Waals surface area contributed by atoms with E-state index in [9.17, 15) is 0 Å². The third-order valence-corrected chi connectivity index (χ3v) is 9.30. The summed E-state index contributed by atoms with van der Waals surface area (Å²) in [5.41, 5.74) is 13.7. The minimum absolute atomic E-state index is 0.898. The van der Waals surface area contributed by atoms with Gasteiger partial charge in [0.05, 0.1) is 0 Å². The molecule has 1 aromatic heterocycles. The van der Waals surface area contributed by atoms with Gasteiger partial charge in [-0.2, -0.15) is 0 Å². The van der Waals surface area contributed by atoms with Gasteiger partial charge in [0.25, 0.3) is 0 Å². The summed E-state index contributed by atoms with van der Waals surface area (Å²) in [6.45, 7) is 0. The third kappa shape index (κ3) is 4.72. The molecule has 0 saturated heterocycles. The maximum Gasteiger partial charge on any atom is 0.143 e. The van der Waals surface area contributed by atoms with Gasteiger partial charge >= 0.3 is 0 Å². The number of para-hydroxylation sites is 1. The summed E-state index contributed by atoms with van der Waals surface area (Å²) in [6.07, 6.45) is 0. The monoisotopic (exact) mass is 598 g/mol. The number of furan rings is 1. The molecule has 0 saturated carbocycles. The molecule has 0 fully saturated rings. The maximum absolute atomic E-state index is 6.72. The smallest absolute Gasteiger partial charge is 0.143 e. The number of fused-ring (bicyclic) bond motifs is 5. The fraction of sp³-hybridized carbons (Fsp3) is 0. The highest BCUT2D eigenvalue weighted by Crippen LogP contribution is 2.47. The molecule has 0 N–H and O–H groups in total. The topological polar surface area (TPSA) is 13.1 Å². The van der Waals surface area contributed by atoms with Crippen molar-refractivity contribution >= 4 is 32.7 Å². The minimum atomic E-state index is 0.898. The Balaban J connectivity index is 1.35. The van der Waals surface area contributed by atoms with Gasteiger partial charge in [0.15, 0.2) is 0 Å². The Labute approximate surface area is 274 Å². The molecule has 0 aliphatic rings. The van der Waals surface area contributed by atoms with Crippen LogP contribution in [-0.2, 0) is 0 Å². The van der Waals surface area contributed by atoms with E-state index in [0.717, 1.165) is 33.1 Å². The van der Waals surface area contributed by atoms with Crippen molar-refractivity contribution < 1.29 is 4.42 Å². The molecule has 47 heavy (non-hydrogen) atoms. The van der Waals surface area contributed by atoms with Crippen LogP contribution in [0.2, 0.25) is 0 Å². The molecule has 0 atom stereocenters. The number of hydrogen-bond donors (Lipinski definition) is 0. The second-order valence-electron chi connectivity index (χ2n) is 12.1. The van der Waals surface area contributed by atoms with Gasteiger partial charge in [0, 0.05) is 21.7 Å². The van der Waals surface area contributed by atoms with Crippen molar-refractivity contribution in [1.29, 1.82) is 0 Å². The summed E-state index contributed by atoms with van der Waals surface area (Å²) >= 11 is 0. The van der Waals surface area contributed by atoms with Crippen LogP contribution < -0.4 is 0 Å². The number of hydrogen-bond acceptors (Lipinski definition) is 1. The van der Waals surface area contributed by atoms with Gasteiger partial charge in [-0.25, -0.2) is 0 Å². The first-order chi connectivity index (χ1) is 23.3. The quantitative estimate of drug-likeness (QED) is 0.192. The molecule has 0 aliphatic heterocycles. The van der Waals surface area contributed by atoms with Gasteiger partial charge < -0.3 is 4.42 Å². The van der Waals surface area contributed by atoms with Gasteiger partial charge in [-0.15, -0.1) is 0 Å². The SMILES string of the molecule is c1ccc(-c2ccc(-c3ccc4cc(-c5ccccc5)c5oc6ccccc6c5c4c3-c3ccc(-c4ccccc4)cc3)cc2)cc1. The van der Waals surface area contributed by atoms with E-state index < -0.39 is 0 Å². The molecule has 0 unspecified atom stereocenters. The fourth-order valence-electron chi connectivity index (χ4n) is 7.02. The van der Waals surface area contributed by atoms with E-state index in [1.54, 1.807) is 0 Å². The number of benzene rings is 8. The predicted octanol–water partition coefficient (Wildman–Crippen LogP) is 13.1. The maximum atomic E-state index is 6.72. The first kappa shape index (κ1) is 27.2. The lowest BCUT2D eigenvalue weighted by atomic mass is 9.85. The highest BCUT2D eigenvalue weighted by molar-refractivity contribution is 6.27. The van der Waals surface area contributed by atoms with Gasteiger partial charge in [-0.3, -0.25) is 0 Å². The van der Waals surface area contributed by atoms with Crippen LogP contribution >= 0.6 is 0 Å². The van der Waals surface area contributed by atoms with E-state index in [2.05, 4.69) is 182 Å². The second-order valence-corrected chi connectivity index (χ2v) is 12.1. The zero-order chi connectivity index (χ0) is 31.2. The zero-order valence-electron chi connectivity index (χ0n) is 25.7. The van der Waals surface area contributed by atoms with Gasteiger partial charge in [0.2, 0.25) is 0 Å². The molecule has 0 amide bonds. The van der Waals surface area contributed by atoms with E-state index >= 15 is 0 Å². The van der Waals surface area contributed by atoms with Crippen molar-refractivity contribution in [2.24, 2.45) is 0 Å². The molecule has 0 aliphatic carbocycles. The van der Waals surface area contributed by atoms with E-state index in [0.29, 0.717) is 0 Å². The third-order valence-electron chi connectivity index (χ3n) is 9.30. The number of rotatable bonds is 5. The highest BCUT2D eigenvalue weighted by Gasteiger charge is 2.21. The molecule has 1 heterocycles. The Bertz CT molecular complexity index is 2510. The Kier molecular flexibility index (Phi) is 6.54. The van der Waals surface area contributed by atoms with Crippen molar-refractivity contribution in [3.8, 4) is 55.6 Å². The second kappa shape index (κ2) is 11.3.